The average Bonchev–Trinajstić information content (AvgIpc) is 2.64. The summed E-state index contributed by atoms with van der Waals surface area (Å²) in [6.45, 7) is 1.05. The third-order valence-electron chi connectivity index (χ3n) is 3.82. The molecule has 140 valence electrons. The van der Waals surface area contributed by atoms with Crippen molar-refractivity contribution in [2.75, 3.05) is 31.0 Å². The van der Waals surface area contributed by atoms with Gasteiger partial charge in [0.25, 0.3) is 10.0 Å². The molecule has 0 bridgehead atoms. The third-order valence-corrected chi connectivity index (χ3v) is 7.60. The van der Waals surface area contributed by atoms with Gasteiger partial charge in [-0.2, -0.15) is 4.31 Å². The summed E-state index contributed by atoms with van der Waals surface area (Å²) in [6.07, 6.45) is 0. The molecule has 0 aliphatic carbocycles. The van der Waals surface area contributed by atoms with Crippen LogP contribution in [0, 0.1) is 0 Å². The summed E-state index contributed by atoms with van der Waals surface area (Å²) >= 11 is 6.07. The highest BCUT2D eigenvalue weighted by Gasteiger charge is 2.29. The van der Waals surface area contributed by atoms with E-state index in [0.29, 0.717) is 13.2 Å². The molecule has 0 atom stereocenters. The second-order valence-electron chi connectivity index (χ2n) is 5.58. The number of anilines is 1. The first-order valence-electron chi connectivity index (χ1n) is 7.76. The maximum Gasteiger partial charge on any atom is 0.261 e. The second-order valence-corrected chi connectivity index (χ2v) is 9.58. The predicted molar refractivity (Wildman–Crippen MR) is 98.3 cm³/mol. The Balaban J connectivity index is 1.93. The molecule has 0 saturated carbocycles. The van der Waals surface area contributed by atoms with Gasteiger partial charge in [-0.15, -0.1) is 0 Å². The molecule has 7 nitrogen and oxygen atoms in total. The molecule has 1 heterocycles. The van der Waals surface area contributed by atoms with E-state index in [4.69, 9.17) is 16.3 Å². The number of nitrogens with zero attached hydrogens (tertiary/aromatic N) is 1. The number of ether oxygens (including phenoxy) is 1. The lowest BCUT2D eigenvalue weighted by molar-refractivity contribution is 0.0730. The molecule has 0 radical (unpaired) electrons. The van der Waals surface area contributed by atoms with E-state index in [1.807, 2.05) is 0 Å². The molecule has 0 unspecified atom stereocenters. The van der Waals surface area contributed by atoms with Crippen molar-refractivity contribution in [2.24, 2.45) is 0 Å². The van der Waals surface area contributed by atoms with Gasteiger partial charge in [0.2, 0.25) is 10.0 Å². The molecule has 2 aromatic carbocycles. The van der Waals surface area contributed by atoms with Crippen LogP contribution in [0.5, 0.6) is 0 Å². The Morgan fingerprint density at radius 1 is 0.962 bits per heavy atom. The fourth-order valence-electron chi connectivity index (χ4n) is 2.50. The van der Waals surface area contributed by atoms with E-state index in [1.54, 1.807) is 18.2 Å². The summed E-state index contributed by atoms with van der Waals surface area (Å²) in [5.41, 5.74) is 0.116. The highest BCUT2D eigenvalue weighted by molar-refractivity contribution is 7.92. The van der Waals surface area contributed by atoms with Crippen LogP contribution in [0.25, 0.3) is 0 Å². The monoisotopic (exact) mass is 416 g/mol. The Labute approximate surface area is 157 Å². The molecular weight excluding hydrogens is 400 g/mol. The molecule has 3 rings (SSSR count). The van der Waals surface area contributed by atoms with E-state index in [0.717, 1.165) is 0 Å². The molecular formula is C16H17ClN2O5S2. The first-order valence-corrected chi connectivity index (χ1v) is 11.1. The van der Waals surface area contributed by atoms with Gasteiger partial charge >= 0.3 is 0 Å². The molecule has 1 aliphatic rings. The van der Waals surface area contributed by atoms with Gasteiger partial charge in [-0.25, -0.2) is 16.8 Å². The third kappa shape index (κ3) is 4.02. The molecule has 26 heavy (non-hydrogen) atoms. The molecule has 1 saturated heterocycles. The van der Waals surface area contributed by atoms with Crippen LogP contribution in [-0.2, 0) is 24.8 Å². The van der Waals surface area contributed by atoms with Gasteiger partial charge in [-0.05, 0) is 30.3 Å². The largest absolute Gasteiger partial charge is 0.379 e. The second kappa shape index (κ2) is 7.53. The predicted octanol–water partition coefficient (Wildman–Crippen LogP) is 2.16. The van der Waals surface area contributed by atoms with Gasteiger partial charge in [0, 0.05) is 13.1 Å². The van der Waals surface area contributed by atoms with Crippen molar-refractivity contribution < 1.29 is 21.6 Å². The zero-order chi connectivity index (χ0) is 18.8. The summed E-state index contributed by atoms with van der Waals surface area (Å²) in [4.78, 5) is -0.0677. The minimum atomic E-state index is -3.85. The van der Waals surface area contributed by atoms with Crippen molar-refractivity contribution in [1.29, 1.82) is 0 Å². The highest BCUT2D eigenvalue weighted by atomic mass is 35.5. The zero-order valence-corrected chi connectivity index (χ0v) is 16.0. The number of morpholine rings is 1. The van der Waals surface area contributed by atoms with Gasteiger partial charge in [0.15, 0.2) is 0 Å². The molecule has 0 amide bonds. The first kappa shape index (κ1) is 19.1. The highest BCUT2D eigenvalue weighted by Crippen LogP contribution is 2.29. The van der Waals surface area contributed by atoms with Gasteiger partial charge in [-0.1, -0.05) is 29.8 Å². The van der Waals surface area contributed by atoms with Crippen LogP contribution in [0.15, 0.2) is 58.3 Å². The normalized spacial score (nSPS) is 16.3. The van der Waals surface area contributed by atoms with Crippen LogP contribution in [-0.4, -0.2) is 47.4 Å². The number of hydrogen-bond donors (Lipinski definition) is 1. The fraction of sp³-hybridized carbons (Fsp3) is 0.250. The van der Waals surface area contributed by atoms with Crippen LogP contribution in [0.4, 0.5) is 5.69 Å². The van der Waals surface area contributed by atoms with Crippen molar-refractivity contribution in [2.45, 2.75) is 9.79 Å². The standard InChI is InChI=1S/C16H17ClN2O5S2/c17-15-7-6-13(18-25(20,21)14-4-2-1-3-5-14)12-16(15)26(22,23)19-8-10-24-11-9-19/h1-7,12,18H,8-11H2. The van der Waals surface area contributed by atoms with Crippen LogP contribution in [0.3, 0.4) is 0 Å². The SMILES string of the molecule is O=S(=O)(Nc1ccc(Cl)c(S(=O)(=O)N2CCOCC2)c1)c1ccccc1. The van der Waals surface area contributed by atoms with Gasteiger partial charge < -0.3 is 4.74 Å². The number of sulfonamides is 2. The zero-order valence-electron chi connectivity index (χ0n) is 13.6. The molecule has 0 spiro atoms. The van der Waals surface area contributed by atoms with E-state index in [2.05, 4.69) is 4.72 Å². The minimum Gasteiger partial charge on any atom is -0.379 e. The molecule has 1 aliphatic heterocycles. The fourth-order valence-corrected chi connectivity index (χ4v) is 5.48. The lowest BCUT2D eigenvalue weighted by atomic mass is 10.3. The summed E-state index contributed by atoms with van der Waals surface area (Å²) in [5.74, 6) is 0. The molecule has 2 aromatic rings. The molecule has 0 aromatic heterocycles. The van der Waals surface area contributed by atoms with E-state index in [-0.39, 0.29) is 33.6 Å². The van der Waals surface area contributed by atoms with Gasteiger partial charge in [0.1, 0.15) is 4.90 Å². The van der Waals surface area contributed by atoms with Crippen LogP contribution in [0.2, 0.25) is 5.02 Å². The topological polar surface area (TPSA) is 92.8 Å². The molecule has 10 heteroatoms. The quantitative estimate of drug-likeness (QED) is 0.806. The smallest absolute Gasteiger partial charge is 0.261 e. The summed E-state index contributed by atoms with van der Waals surface area (Å²) in [7, 11) is -7.68. The number of nitrogens with one attached hydrogen (secondary N) is 1. The molecule has 1 fully saturated rings. The van der Waals surface area contributed by atoms with Crippen molar-refractivity contribution in [3.63, 3.8) is 0 Å². The summed E-state index contributed by atoms with van der Waals surface area (Å²) in [6, 6.07) is 11.8. The van der Waals surface area contributed by atoms with Crippen LogP contribution < -0.4 is 4.72 Å². The average molecular weight is 417 g/mol. The summed E-state index contributed by atoms with van der Waals surface area (Å²) < 4.78 is 59.3. The Morgan fingerprint density at radius 3 is 2.27 bits per heavy atom. The van der Waals surface area contributed by atoms with Crippen LogP contribution in [0.1, 0.15) is 0 Å². The maximum atomic E-state index is 12.8. The van der Waals surface area contributed by atoms with E-state index < -0.39 is 20.0 Å². The Bertz CT molecular complexity index is 989. The van der Waals surface area contributed by atoms with Crippen molar-refractivity contribution in [1.82, 2.24) is 4.31 Å². The Morgan fingerprint density at radius 2 is 1.62 bits per heavy atom. The van der Waals surface area contributed by atoms with Crippen molar-refractivity contribution in [3.8, 4) is 0 Å². The summed E-state index contributed by atoms with van der Waals surface area (Å²) in [5, 5.41) is 0.0270. The van der Waals surface area contributed by atoms with Crippen molar-refractivity contribution in [3.05, 3.63) is 53.6 Å². The Hall–Kier alpha value is -1.65. The first-order chi connectivity index (χ1) is 12.3. The molecule has 1 N–H and O–H groups in total. The van der Waals surface area contributed by atoms with E-state index in [1.165, 1.54) is 34.6 Å². The Kier molecular flexibility index (Phi) is 5.54. The number of rotatable bonds is 5. The lowest BCUT2D eigenvalue weighted by Gasteiger charge is -2.26. The van der Waals surface area contributed by atoms with Crippen molar-refractivity contribution >= 4 is 37.3 Å². The number of hydrogen-bond acceptors (Lipinski definition) is 5. The van der Waals surface area contributed by atoms with Gasteiger partial charge in [0.05, 0.1) is 28.8 Å². The van der Waals surface area contributed by atoms with Gasteiger partial charge in [-0.3, -0.25) is 4.72 Å². The van der Waals surface area contributed by atoms with Crippen LogP contribution >= 0.6 is 11.6 Å². The lowest BCUT2D eigenvalue weighted by Crippen LogP contribution is -2.40. The van der Waals surface area contributed by atoms with E-state index >= 15 is 0 Å². The van der Waals surface area contributed by atoms with E-state index in [9.17, 15) is 16.8 Å². The minimum absolute atomic E-state index is 0.0270. The number of halogens is 1. The maximum absolute atomic E-state index is 12.8. The number of benzene rings is 2.